The summed E-state index contributed by atoms with van der Waals surface area (Å²) in [4.78, 5) is 23.7. The normalized spacial score (nSPS) is 13.4. The second-order valence-corrected chi connectivity index (χ2v) is 5.96. The third-order valence-corrected chi connectivity index (χ3v) is 2.78. The molecule has 1 aromatic rings. The van der Waals surface area contributed by atoms with Gasteiger partial charge in [0.05, 0.1) is 6.04 Å². The highest BCUT2D eigenvalue weighted by molar-refractivity contribution is 6.37. The van der Waals surface area contributed by atoms with Crippen LogP contribution in [0.1, 0.15) is 59.5 Å². The highest BCUT2D eigenvalue weighted by Crippen LogP contribution is 2.17. The molecule has 0 radical (unpaired) electrons. The summed E-state index contributed by atoms with van der Waals surface area (Å²) in [7, 11) is 0. The average Bonchev–Trinajstić information content (AvgIpc) is 2.75. The lowest BCUT2D eigenvalue weighted by Crippen LogP contribution is -2.40. The molecule has 1 atom stereocenters. The first kappa shape index (κ1) is 15.3. The first-order valence-corrected chi connectivity index (χ1v) is 6.39. The largest absolute Gasteiger partial charge is 0.340 e. The second-order valence-electron chi connectivity index (χ2n) is 5.96. The zero-order valence-electron chi connectivity index (χ0n) is 12.4. The van der Waals surface area contributed by atoms with E-state index in [9.17, 15) is 9.59 Å². The Kier molecular flexibility index (Phi) is 4.44. The Labute approximate surface area is 113 Å². The Bertz CT molecular complexity index is 471. The summed E-state index contributed by atoms with van der Waals surface area (Å²) >= 11 is 0. The van der Waals surface area contributed by atoms with Crippen LogP contribution < -0.4 is 5.32 Å². The maximum atomic E-state index is 11.9. The number of carbonyl (C=O) groups excluding carboxylic acids is 2. The van der Waals surface area contributed by atoms with E-state index < -0.39 is 17.1 Å². The van der Waals surface area contributed by atoms with Crippen LogP contribution in [-0.4, -0.2) is 26.5 Å². The van der Waals surface area contributed by atoms with E-state index in [2.05, 4.69) is 15.5 Å². The van der Waals surface area contributed by atoms with Crippen molar-refractivity contribution in [2.24, 2.45) is 5.41 Å². The Morgan fingerprint density at radius 1 is 1.26 bits per heavy atom. The number of rotatable bonds is 4. The standard InChI is InChI=1S/C13H22N4O2/c1-8(2)17-7-14-16-11(17)9(3)15-12(19)10(18)13(4,5)6/h7-9H,1-6H3,(H,15,19). The van der Waals surface area contributed by atoms with Gasteiger partial charge in [0.1, 0.15) is 6.33 Å². The van der Waals surface area contributed by atoms with Crippen LogP contribution in [-0.2, 0) is 9.59 Å². The molecule has 0 bridgehead atoms. The molecule has 0 saturated carbocycles. The van der Waals surface area contributed by atoms with Crippen molar-refractivity contribution in [3.05, 3.63) is 12.2 Å². The van der Waals surface area contributed by atoms with Crippen LogP contribution in [0, 0.1) is 5.41 Å². The zero-order valence-corrected chi connectivity index (χ0v) is 12.4. The number of hydrogen-bond donors (Lipinski definition) is 1. The maximum absolute atomic E-state index is 11.9. The molecule has 0 fully saturated rings. The van der Waals surface area contributed by atoms with Crippen LogP contribution in [0.5, 0.6) is 0 Å². The Morgan fingerprint density at radius 3 is 2.32 bits per heavy atom. The summed E-state index contributed by atoms with van der Waals surface area (Å²) in [5.74, 6) is -0.377. The van der Waals surface area contributed by atoms with Gasteiger partial charge in [-0.2, -0.15) is 0 Å². The molecule has 0 aliphatic heterocycles. The molecule has 1 unspecified atom stereocenters. The van der Waals surface area contributed by atoms with Gasteiger partial charge in [-0.05, 0) is 20.8 Å². The first-order valence-electron chi connectivity index (χ1n) is 6.39. The van der Waals surface area contributed by atoms with Crippen LogP contribution in [0.3, 0.4) is 0 Å². The van der Waals surface area contributed by atoms with Crippen LogP contribution >= 0.6 is 0 Å². The summed E-state index contributed by atoms with van der Waals surface area (Å²) in [6.07, 6.45) is 1.62. The molecule has 1 N–H and O–H groups in total. The van der Waals surface area contributed by atoms with Gasteiger partial charge in [0.2, 0.25) is 5.78 Å². The van der Waals surface area contributed by atoms with Crippen LogP contribution in [0.2, 0.25) is 0 Å². The van der Waals surface area contributed by atoms with Crippen LogP contribution in [0.15, 0.2) is 6.33 Å². The Hall–Kier alpha value is -1.72. The fraction of sp³-hybridized carbons (Fsp3) is 0.692. The first-order chi connectivity index (χ1) is 8.64. The smallest absolute Gasteiger partial charge is 0.288 e. The minimum absolute atomic E-state index is 0.197. The lowest BCUT2D eigenvalue weighted by Gasteiger charge is -2.19. The summed E-state index contributed by atoms with van der Waals surface area (Å²) in [6, 6.07) is -0.161. The van der Waals surface area contributed by atoms with Gasteiger partial charge in [-0.15, -0.1) is 10.2 Å². The summed E-state index contributed by atoms with van der Waals surface area (Å²) < 4.78 is 1.87. The van der Waals surface area contributed by atoms with Crippen molar-refractivity contribution in [1.82, 2.24) is 20.1 Å². The number of nitrogens with zero attached hydrogens (tertiary/aromatic N) is 3. The third-order valence-electron chi connectivity index (χ3n) is 2.78. The minimum atomic E-state index is -0.685. The lowest BCUT2D eigenvalue weighted by molar-refractivity contribution is -0.142. The molecule has 19 heavy (non-hydrogen) atoms. The van der Waals surface area contributed by atoms with E-state index in [1.807, 2.05) is 18.4 Å². The molecule has 6 heteroatoms. The van der Waals surface area contributed by atoms with Crippen molar-refractivity contribution in [2.75, 3.05) is 0 Å². The van der Waals surface area contributed by atoms with Crippen molar-refractivity contribution < 1.29 is 9.59 Å². The molecule has 0 saturated heterocycles. The lowest BCUT2D eigenvalue weighted by atomic mass is 9.90. The predicted octanol–water partition coefficient (Wildman–Crippen LogP) is 1.65. The van der Waals surface area contributed by atoms with Gasteiger partial charge in [-0.3, -0.25) is 9.59 Å². The van der Waals surface area contributed by atoms with Gasteiger partial charge in [-0.1, -0.05) is 20.8 Å². The van der Waals surface area contributed by atoms with Gasteiger partial charge in [0.15, 0.2) is 5.82 Å². The number of aromatic nitrogens is 3. The SMILES string of the molecule is CC(NC(=O)C(=O)C(C)(C)C)c1nncn1C(C)C. The fourth-order valence-corrected chi connectivity index (χ4v) is 1.63. The van der Waals surface area contributed by atoms with Crippen molar-refractivity contribution in [1.29, 1.82) is 0 Å². The number of amides is 1. The number of Topliss-reactive ketones (excluding diaryl/α,β-unsaturated/α-hetero) is 1. The monoisotopic (exact) mass is 266 g/mol. The van der Waals surface area contributed by atoms with Gasteiger partial charge in [-0.25, -0.2) is 0 Å². The molecule has 1 rings (SSSR count). The average molecular weight is 266 g/mol. The molecule has 0 spiro atoms. The van der Waals surface area contributed by atoms with Crippen molar-refractivity contribution >= 4 is 11.7 Å². The molecule has 0 aliphatic rings. The summed E-state index contributed by atoms with van der Waals surface area (Å²) in [5, 5.41) is 10.5. The molecular formula is C13H22N4O2. The third kappa shape index (κ3) is 3.62. The van der Waals surface area contributed by atoms with Crippen LogP contribution in [0.25, 0.3) is 0 Å². The molecular weight excluding hydrogens is 244 g/mol. The molecule has 0 aromatic carbocycles. The van der Waals surface area contributed by atoms with Gasteiger partial charge >= 0.3 is 0 Å². The topological polar surface area (TPSA) is 76.9 Å². The van der Waals surface area contributed by atoms with E-state index >= 15 is 0 Å². The van der Waals surface area contributed by atoms with Crippen molar-refractivity contribution in [3.8, 4) is 0 Å². The molecule has 1 amide bonds. The van der Waals surface area contributed by atoms with E-state index in [1.165, 1.54) is 0 Å². The molecule has 0 aliphatic carbocycles. The van der Waals surface area contributed by atoms with Gasteiger partial charge < -0.3 is 9.88 Å². The number of ketones is 1. The Morgan fingerprint density at radius 2 is 1.84 bits per heavy atom. The molecule has 1 heterocycles. The number of carbonyl (C=O) groups is 2. The van der Waals surface area contributed by atoms with E-state index in [-0.39, 0.29) is 12.1 Å². The maximum Gasteiger partial charge on any atom is 0.288 e. The van der Waals surface area contributed by atoms with Crippen LogP contribution in [0.4, 0.5) is 0 Å². The van der Waals surface area contributed by atoms with E-state index in [0.717, 1.165) is 0 Å². The number of hydrogen-bond acceptors (Lipinski definition) is 4. The summed E-state index contributed by atoms with van der Waals surface area (Å²) in [5.41, 5.74) is -0.685. The fourth-order valence-electron chi connectivity index (χ4n) is 1.63. The second kappa shape index (κ2) is 5.50. The zero-order chi connectivity index (χ0) is 14.8. The van der Waals surface area contributed by atoms with Crippen molar-refractivity contribution in [2.45, 2.75) is 53.6 Å². The highest BCUT2D eigenvalue weighted by Gasteiger charge is 2.29. The molecule has 1 aromatic heterocycles. The summed E-state index contributed by atoms with van der Waals surface area (Å²) in [6.45, 7) is 10.9. The van der Waals surface area contributed by atoms with Crippen molar-refractivity contribution in [3.63, 3.8) is 0 Å². The van der Waals surface area contributed by atoms with Gasteiger partial charge in [0, 0.05) is 11.5 Å². The minimum Gasteiger partial charge on any atom is -0.340 e. The highest BCUT2D eigenvalue weighted by atomic mass is 16.2. The Balaban J connectivity index is 2.80. The van der Waals surface area contributed by atoms with E-state index in [4.69, 9.17) is 0 Å². The number of nitrogens with one attached hydrogen (secondary N) is 1. The van der Waals surface area contributed by atoms with E-state index in [1.54, 1.807) is 34.0 Å². The quantitative estimate of drug-likeness (QED) is 0.841. The molecule has 6 nitrogen and oxygen atoms in total. The van der Waals surface area contributed by atoms with E-state index in [0.29, 0.717) is 5.82 Å². The predicted molar refractivity (Wildman–Crippen MR) is 71.4 cm³/mol. The molecule has 106 valence electrons. The van der Waals surface area contributed by atoms with Gasteiger partial charge in [0.25, 0.3) is 5.91 Å².